The van der Waals surface area contributed by atoms with Gasteiger partial charge in [0.2, 0.25) is 0 Å². The summed E-state index contributed by atoms with van der Waals surface area (Å²) in [7, 11) is 1.59. The van der Waals surface area contributed by atoms with Crippen molar-refractivity contribution in [1.29, 1.82) is 0 Å². The molecular weight excluding hydrogens is 408 g/mol. The summed E-state index contributed by atoms with van der Waals surface area (Å²) < 4.78 is 13.7. The summed E-state index contributed by atoms with van der Waals surface area (Å²) in [6.45, 7) is 10.9. The maximum atomic E-state index is 12.7. The van der Waals surface area contributed by atoms with Crippen LogP contribution in [0.25, 0.3) is 17.0 Å². The maximum Gasteiger partial charge on any atom is 0.193 e. The summed E-state index contributed by atoms with van der Waals surface area (Å²) in [5, 5.41) is 12.8. The zero-order valence-corrected chi connectivity index (χ0v) is 19.3. The number of rotatable bonds is 9. The number of methoxy groups -OCH3 is 1. The van der Waals surface area contributed by atoms with Gasteiger partial charge in [0.1, 0.15) is 5.76 Å². The summed E-state index contributed by atoms with van der Waals surface area (Å²) in [6, 6.07) is 5.56. The highest BCUT2D eigenvalue weighted by Crippen LogP contribution is 2.45. The van der Waals surface area contributed by atoms with E-state index in [0.29, 0.717) is 24.7 Å². The molecule has 1 unspecified atom stereocenters. The van der Waals surface area contributed by atoms with Crippen LogP contribution >= 0.6 is 0 Å². The summed E-state index contributed by atoms with van der Waals surface area (Å²) in [6.07, 6.45) is 4.92. The molecule has 172 valence electrons. The Kier molecular flexibility index (Phi) is 7.06. The highest BCUT2D eigenvalue weighted by Gasteiger charge is 2.34. The van der Waals surface area contributed by atoms with Crippen LogP contribution in [0.1, 0.15) is 57.2 Å². The fourth-order valence-electron chi connectivity index (χ4n) is 4.19. The van der Waals surface area contributed by atoms with Crippen molar-refractivity contribution >= 4 is 5.76 Å². The third-order valence-corrected chi connectivity index (χ3v) is 5.96. The molecule has 0 saturated carbocycles. The molecule has 1 aromatic heterocycles. The van der Waals surface area contributed by atoms with Crippen LogP contribution in [0.3, 0.4) is 0 Å². The number of nitrogens with zero attached hydrogens (tertiary/aromatic N) is 2. The average Bonchev–Trinajstić information content (AvgIpc) is 2.73. The van der Waals surface area contributed by atoms with Gasteiger partial charge in [0, 0.05) is 23.9 Å². The van der Waals surface area contributed by atoms with E-state index < -0.39 is 0 Å². The lowest BCUT2D eigenvalue weighted by Gasteiger charge is -2.39. The van der Waals surface area contributed by atoms with E-state index in [1.807, 2.05) is 12.1 Å². The zero-order valence-electron chi connectivity index (χ0n) is 19.3. The second-order valence-electron chi connectivity index (χ2n) is 9.30. The molecule has 1 aromatic carbocycles. The maximum absolute atomic E-state index is 12.7. The molecule has 1 aliphatic heterocycles. The van der Waals surface area contributed by atoms with Gasteiger partial charge >= 0.3 is 0 Å². The molecule has 32 heavy (non-hydrogen) atoms. The van der Waals surface area contributed by atoms with Crippen molar-refractivity contribution in [3.63, 3.8) is 0 Å². The third kappa shape index (κ3) is 4.87. The van der Waals surface area contributed by atoms with Crippen LogP contribution < -0.4 is 14.9 Å². The van der Waals surface area contributed by atoms with Crippen molar-refractivity contribution in [2.24, 2.45) is 10.6 Å². The van der Waals surface area contributed by atoms with Crippen molar-refractivity contribution in [3.05, 3.63) is 57.2 Å². The molecule has 0 radical (unpaired) electrons. The Labute approximate surface area is 188 Å². The molecule has 1 aliphatic rings. The Bertz CT molecular complexity index is 1070. The number of hydrogen-bond donors (Lipinski definition) is 1. The Balaban J connectivity index is 2.01. The number of ether oxygens (including phenoxy) is 2. The number of fused-ring (bicyclic) bond motifs is 3. The largest absolute Gasteiger partial charge is 0.508 e. The summed E-state index contributed by atoms with van der Waals surface area (Å²) >= 11 is 0. The van der Waals surface area contributed by atoms with Gasteiger partial charge in [-0.2, -0.15) is 4.91 Å². The number of benzene rings is 1. The Morgan fingerprint density at radius 1 is 1.22 bits per heavy atom. The Morgan fingerprint density at radius 3 is 2.59 bits per heavy atom. The second-order valence-corrected chi connectivity index (χ2v) is 9.30. The monoisotopic (exact) mass is 440 g/mol. The van der Waals surface area contributed by atoms with Crippen LogP contribution in [0.15, 0.2) is 40.9 Å². The van der Waals surface area contributed by atoms with Crippen LogP contribution in [-0.4, -0.2) is 29.9 Å². The molecule has 0 spiro atoms. The van der Waals surface area contributed by atoms with E-state index >= 15 is 0 Å². The molecule has 7 nitrogen and oxygen atoms in total. The first-order chi connectivity index (χ1) is 15.2. The number of aromatic nitrogens is 1. The second kappa shape index (κ2) is 9.59. The normalized spacial score (nSPS) is 14.9. The third-order valence-electron chi connectivity index (χ3n) is 5.96. The van der Waals surface area contributed by atoms with Crippen molar-refractivity contribution in [1.82, 2.24) is 4.57 Å². The molecule has 0 amide bonds. The first-order valence-electron chi connectivity index (χ1n) is 10.9. The molecule has 0 aliphatic carbocycles. The van der Waals surface area contributed by atoms with Gasteiger partial charge in [-0.15, -0.1) is 0 Å². The molecule has 2 aromatic rings. The molecule has 1 atom stereocenters. The molecule has 0 bridgehead atoms. The quantitative estimate of drug-likeness (QED) is 0.315. The van der Waals surface area contributed by atoms with Gasteiger partial charge in [0.15, 0.2) is 16.9 Å². The van der Waals surface area contributed by atoms with E-state index in [0.717, 1.165) is 42.5 Å². The highest BCUT2D eigenvalue weighted by atomic mass is 16.5. The summed E-state index contributed by atoms with van der Waals surface area (Å²) in [5.41, 5.74) is 2.63. The van der Waals surface area contributed by atoms with Gasteiger partial charge < -0.3 is 19.1 Å². The molecule has 0 fully saturated rings. The number of hydrogen-bond acceptors (Lipinski definition) is 6. The average molecular weight is 441 g/mol. The van der Waals surface area contributed by atoms with Gasteiger partial charge in [-0.25, -0.2) is 0 Å². The molecule has 0 saturated heterocycles. The van der Waals surface area contributed by atoms with Gasteiger partial charge in [-0.3, -0.25) is 4.79 Å². The number of aliphatic hydroxyl groups is 1. The van der Waals surface area contributed by atoms with E-state index in [4.69, 9.17) is 9.47 Å². The molecule has 2 heterocycles. The van der Waals surface area contributed by atoms with Crippen molar-refractivity contribution in [2.75, 3.05) is 20.3 Å². The van der Waals surface area contributed by atoms with Crippen LogP contribution in [0.5, 0.6) is 11.5 Å². The van der Waals surface area contributed by atoms with Crippen molar-refractivity contribution in [2.45, 2.75) is 52.5 Å². The number of pyridine rings is 1. The first kappa shape index (κ1) is 23.6. The van der Waals surface area contributed by atoms with Gasteiger partial charge in [0.05, 0.1) is 31.5 Å². The fraction of sp³-hybridized carbons (Fsp3) is 0.480. The number of unbranched alkanes of at least 4 members (excludes halogenated alkanes) is 2. The Hall–Kier alpha value is -3.09. The van der Waals surface area contributed by atoms with Gasteiger partial charge in [-0.1, -0.05) is 32.5 Å². The summed E-state index contributed by atoms with van der Waals surface area (Å²) in [5.74, 6) is 1.04. The van der Waals surface area contributed by atoms with Crippen LogP contribution in [0, 0.1) is 10.3 Å². The van der Waals surface area contributed by atoms with Crippen LogP contribution in [0.2, 0.25) is 0 Å². The minimum atomic E-state index is -0.270. The number of nitroso groups, excluding NO2 is 1. The van der Waals surface area contributed by atoms with Crippen molar-refractivity contribution < 1.29 is 14.6 Å². The molecule has 1 N–H and O–H groups in total. The highest BCUT2D eigenvalue weighted by molar-refractivity contribution is 5.72. The topological polar surface area (TPSA) is 90.1 Å². The predicted octanol–water partition coefficient (Wildman–Crippen LogP) is 5.51. The van der Waals surface area contributed by atoms with E-state index in [1.165, 1.54) is 0 Å². The van der Waals surface area contributed by atoms with Crippen LogP contribution in [-0.2, 0) is 6.42 Å². The smallest absolute Gasteiger partial charge is 0.193 e. The fourth-order valence-corrected chi connectivity index (χ4v) is 4.19. The summed E-state index contributed by atoms with van der Waals surface area (Å²) in [4.78, 5) is 22.9. The number of aliphatic hydroxyl groups excluding tert-OH is 1. The van der Waals surface area contributed by atoms with Gasteiger partial charge in [-0.05, 0) is 48.8 Å². The SMILES string of the molecule is C=C(O)c1cn2c(cc1=O)-c1cc(OC)c(OCCCCCN=O)cc1CC2C(C)(C)C. The minimum Gasteiger partial charge on any atom is -0.508 e. The van der Waals surface area contributed by atoms with E-state index in [1.54, 1.807) is 19.4 Å². The van der Waals surface area contributed by atoms with E-state index in [9.17, 15) is 14.8 Å². The standard InChI is InChI=1S/C25H32N2O5/c1-16(28)19-15-27-20(14-21(19)29)18-13-22(31-5)23(32-10-8-6-7-9-26-30)11-17(18)12-24(27)25(2,3)4/h11,13-15,24,28H,1,6-10,12H2,2-5H3. The van der Waals surface area contributed by atoms with Crippen LogP contribution in [0.4, 0.5) is 0 Å². The lowest BCUT2D eigenvalue weighted by Crippen LogP contribution is -2.32. The lowest BCUT2D eigenvalue weighted by atomic mass is 9.78. The minimum absolute atomic E-state index is 0.0702. The Morgan fingerprint density at radius 2 is 1.97 bits per heavy atom. The predicted molar refractivity (Wildman–Crippen MR) is 127 cm³/mol. The van der Waals surface area contributed by atoms with E-state index in [-0.39, 0.29) is 28.2 Å². The lowest BCUT2D eigenvalue weighted by molar-refractivity contribution is 0.236. The van der Waals surface area contributed by atoms with E-state index in [2.05, 4.69) is 37.1 Å². The van der Waals surface area contributed by atoms with Gasteiger partial charge in [0.25, 0.3) is 0 Å². The molecular formula is C25H32N2O5. The van der Waals surface area contributed by atoms with Crippen molar-refractivity contribution in [3.8, 4) is 22.8 Å². The molecule has 3 rings (SSSR count). The molecule has 7 heteroatoms. The zero-order chi connectivity index (χ0) is 23.5. The first-order valence-corrected chi connectivity index (χ1v) is 10.9.